The average molecular weight is 530 g/mol. The van der Waals surface area contributed by atoms with Crippen molar-refractivity contribution in [3.63, 3.8) is 0 Å². The SMILES string of the molecule is CC(C)CNS(=O)(=O)c1cccc2c(NC(=O)[C@@H](Cc3ccccc3)NC(=O)c3ccccc3)cccc12. The second kappa shape index (κ2) is 12.0. The first kappa shape index (κ1) is 27.0. The van der Waals surface area contributed by atoms with E-state index in [4.69, 9.17) is 0 Å². The van der Waals surface area contributed by atoms with Gasteiger partial charge in [-0.15, -0.1) is 0 Å². The Morgan fingerprint density at radius 2 is 1.39 bits per heavy atom. The fourth-order valence-electron chi connectivity index (χ4n) is 4.09. The number of nitrogens with one attached hydrogen (secondary N) is 3. The summed E-state index contributed by atoms with van der Waals surface area (Å²) in [6.07, 6.45) is 0.286. The van der Waals surface area contributed by atoms with E-state index in [0.29, 0.717) is 28.6 Å². The summed E-state index contributed by atoms with van der Waals surface area (Å²) in [5.41, 5.74) is 1.80. The number of anilines is 1. The number of carbonyl (C=O) groups is 2. The van der Waals surface area contributed by atoms with Crippen molar-refractivity contribution in [1.29, 1.82) is 0 Å². The van der Waals surface area contributed by atoms with Crippen molar-refractivity contribution in [3.8, 4) is 0 Å². The van der Waals surface area contributed by atoms with Crippen molar-refractivity contribution >= 4 is 38.3 Å². The highest BCUT2D eigenvalue weighted by Crippen LogP contribution is 2.29. The van der Waals surface area contributed by atoms with E-state index in [0.717, 1.165) is 5.56 Å². The Kier molecular flexibility index (Phi) is 8.55. The van der Waals surface area contributed by atoms with Crippen LogP contribution in [-0.2, 0) is 21.2 Å². The molecule has 0 saturated heterocycles. The molecule has 38 heavy (non-hydrogen) atoms. The number of fused-ring (bicyclic) bond motifs is 1. The number of benzene rings is 4. The standard InChI is InChI=1S/C30H31N3O4S/c1-21(2)20-31-38(36,37)28-18-10-15-24-25(28)16-9-17-26(24)32-30(35)27(19-22-11-5-3-6-12-22)33-29(34)23-13-7-4-8-14-23/h3-18,21,27,31H,19-20H2,1-2H3,(H,32,35)(H,33,34)/t27-/m1/s1. The molecule has 4 rings (SSSR count). The van der Waals surface area contributed by atoms with Gasteiger partial charge in [-0.3, -0.25) is 9.59 Å². The average Bonchev–Trinajstić information content (AvgIpc) is 2.92. The minimum atomic E-state index is -3.75. The first-order valence-electron chi connectivity index (χ1n) is 12.5. The maximum Gasteiger partial charge on any atom is 0.251 e. The van der Waals surface area contributed by atoms with Crippen molar-refractivity contribution in [3.05, 3.63) is 108 Å². The second-order valence-corrected chi connectivity index (χ2v) is 11.2. The topological polar surface area (TPSA) is 104 Å². The summed E-state index contributed by atoms with van der Waals surface area (Å²) in [5, 5.41) is 6.86. The van der Waals surface area contributed by atoms with E-state index in [2.05, 4.69) is 15.4 Å². The molecule has 0 aliphatic heterocycles. The van der Waals surface area contributed by atoms with Crippen LogP contribution in [0.15, 0.2) is 102 Å². The number of amides is 2. The predicted molar refractivity (Wildman–Crippen MR) is 150 cm³/mol. The Bertz CT molecular complexity index is 1520. The second-order valence-electron chi connectivity index (χ2n) is 9.47. The molecule has 7 nitrogen and oxygen atoms in total. The molecule has 0 fully saturated rings. The van der Waals surface area contributed by atoms with Gasteiger partial charge < -0.3 is 10.6 Å². The van der Waals surface area contributed by atoms with E-state index in [1.54, 1.807) is 60.7 Å². The van der Waals surface area contributed by atoms with Crippen LogP contribution in [0, 0.1) is 5.92 Å². The minimum absolute atomic E-state index is 0.143. The zero-order chi connectivity index (χ0) is 27.1. The van der Waals surface area contributed by atoms with Crippen LogP contribution in [0.3, 0.4) is 0 Å². The molecule has 3 N–H and O–H groups in total. The molecular weight excluding hydrogens is 498 g/mol. The lowest BCUT2D eigenvalue weighted by atomic mass is 10.0. The first-order chi connectivity index (χ1) is 18.2. The first-order valence-corrected chi connectivity index (χ1v) is 13.9. The molecule has 0 bridgehead atoms. The van der Waals surface area contributed by atoms with Crippen molar-refractivity contribution in [2.45, 2.75) is 31.2 Å². The van der Waals surface area contributed by atoms with E-state index >= 15 is 0 Å². The molecule has 4 aromatic carbocycles. The fraction of sp³-hybridized carbons (Fsp3) is 0.200. The zero-order valence-electron chi connectivity index (χ0n) is 21.3. The Morgan fingerprint density at radius 3 is 2.08 bits per heavy atom. The number of hydrogen-bond acceptors (Lipinski definition) is 4. The quantitative estimate of drug-likeness (QED) is 0.276. The Hall–Kier alpha value is -4.01. The normalized spacial score (nSPS) is 12.3. The van der Waals surface area contributed by atoms with E-state index < -0.39 is 22.0 Å². The summed E-state index contributed by atoms with van der Waals surface area (Å²) in [5.74, 6) is -0.608. The number of rotatable bonds is 10. The smallest absolute Gasteiger partial charge is 0.251 e. The molecule has 0 spiro atoms. The summed E-state index contributed by atoms with van der Waals surface area (Å²) < 4.78 is 28.7. The molecule has 0 heterocycles. The molecule has 0 unspecified atom stereocenters. The summed E-state index contributed by atoms with van der Waals surface area (Å²) in [4.78, 5) is 26.6. The molecule has 0 saturated carbocycles. The number of carbonyl (C=O) groups excluding carboxylic acids is 2. The fourth-order valence-corrected chi connectivity index (χ4v) is 5.52. The Balaban J connectivity index is 1.63. The Labute approximate surface area is 223 Å². The lowest BCUT2D eigenvalue weighted by Crippen LogP contribution is -2.45. The highest BCUT2D eigenvalue weighted by molar-refractivity contribution is 7.89. The lowest BCUT2D eigenvalue weighted by Gasteiger charge is -2.20. The molecule has 8 heteroatoms. The summed E-state index contributed by atoms with van der Waals surface area (Å²) in [7, 11) is -3.75. The van der Waals surface area contributed by atoms with Gasteiger partial charge in [0.05, 0.1) is 4.90 Å². The zero-order valence-corrected chi connectivity index (χ0v) is 22.2. The van der Waals surface area contributed by atoms with Gasteiger partial charge in [-0.2, -0.15) is 0 Å². The molecule has 1 atom stereocenters. The molecule has 196 valence electrons. The van der Waals surface area contributed by atoms with Gasteiger partial charge in [0.25, 0.3) is 5.91 Å². The van der Waals surface area contributed by atoms with Gasteiger partial charge in [0.1, 0.15) is 6.04 Å². The predicted octanol–water partition coefficient (Wildman–Crippen LogP) is 4.75. The molecule has 4 aromatic rings. The van der Waals surface area contributed by atoms with Gasteiger partial charge in [0.15, 0.2) is 0 Å². The molecule has 0 aliphatic rings. The highest BCUT2D eigenvalue weighted by atomic mass is 32.2. The van der Waals surface area contributed by atoms with Crippen LogP contribution >= 0.6 is 0 Å². The van der Waals surface area contributed by atoms with Crippen LogP contribution in [0.1, 0.15) is 29.8 Å². The van der Waals surface area contributed by atoms with Crippen molar-refractivity contribution in [2.24, 2.45) is 5.92 Å². The highest BCUT2D eigenvalue weighted by Gasteiger charge is 2.24. The van der Waals surface area contributed by atoms with Gasteiger partial charge in [0.2, 0.25) is 15.9 Å². The minimum Gasteiger partial charge on any atom is -0.340 e. The van der Waals surface area contributed by atoms with Crippen LogP contribution in [0.2, 0.25) is 0 Å². The van der Waals surface area contributed by atoms with E-state index in [1.807, 2.05) is 50.2 Å². The van der Waals surface area contributed by atoms with E-state index in [-0.39, 0.29) is 23.1 Å². The summed E-state index contributed by atoms with van der Waals surface area (Å²) in [6, 6.07) is 27.4. The monoisotopic (exact) mass is 529 g/mol. The van der Waals surface area contributed by atoms with Crippen LogP contribution in [0.5, 0.6) is 0 Å². The van der Waals surface area contributed by atoms with Gasteiger partial charge in [0, 0.05) is 35.0 Å². The Morgan fingerprint density at radius 1 is 0.763 bits per heavy atom. The van der Waals surface area contributed by atoms with Gasteiger partial charge in [-0.05, 0) is 35.7 Å². The third-order valence-corrected chi connectivity index (χ3v) is 7.53. The van der Waals surface area contributed by atoms with Crippen molar-refractivity contribution in [1.82, 2.24) is 10.0 Å². The van der Waals surface area contributed by atoms with Gasteiger partial charge in [-0.1, -0.05) is 86.6 Å². The van der Waals surface area contributed by atoms with Crippen LogP contribution < -0.4 is 15.4 Å². The molecular formula is C30H31N3O4S. The van der Waals surface area contributed by atoms with Crippen LogP contribution in [0.4, 0.5) is 5.69 Å². The van der Waals surface area contributed by atoms with Crippen molar-refractivity contribution < 1.29 is 18.0 Å². The number of sulfonamides is 1. The molecule has 0 aliphatic carbocycles. The van der Waals surface area contributed by atoms with Crippen LogP contribution in [0.25, 0.3) is 10.8 Å². The molecule has 2 amide bonds. The third kappa shape index (κ3) is 6.65. The van der Waals surface area contributed by atoms with Gasteiger partial charge >= 0.3 is 0 Å². The summed E-state index contributed by atoms with van der Waals surface area (Å²) in [6.45, 7) is 4.18. The molecule has 0 radical (unpaired) electrons. The summed E-state index contributed by atoms with van der Waals surface area (Å²) >= 11 is 0. The molecule has 0 aromatic heterocycles. The third-order valence-electron chi connectivity index (χ3n) is 6.05. The largest absolute Gasteiger partial charge is 0.340 e. The van der Waals surface area contributed by atoms with Gasteiger partial charge in [-0.25, -0.2) is 13.1 Å². The lowest BCUT2D eigenvalue weighted by molar-refractivity contribution is -0.118. The van der Waals surface area contributed by atoms with Crippen molar-refractivity contribution in [2.75, 3.05) is 11.9 Å². The van der Waals surface area contributed by atoms with E-state index in [1.165, 1.54) is 0 Å². The van der Waals surface area contributed by atoms with E-state index in [9.17, 15) is 18.0 Å². The number of hydrogen-bond donors (Lipinski definition) is 3. The maximum absolute atomic E-state index is 13.5. The maximum atomic E-state index is 13.5. The van der Waals surface area contributed by atoms with Crippen LogP contribution in [-0.4, -0.2) is 32.8 Å².